The van der Waals surface area contributed by atoms with E-state index in [0.29, 0.717) is 5.54 Å². The lowest BCUT2D eigenvalue weighted by Crippen LogP contribution is -2.39. The van der Waals surface area contributed by atoms with E-state index in [0.717, 1.165) is 0 Å². The van der Waals surface area contributed by atoms with Crippen LogP contribution in [0.2, 0.25) is 5.54 Å². The topological polar surface area (TPSA) is 54.4 Å². The van der Waals surface area contributed by atoms with Crippen LogP contribution in [0.15, 0.2) is 0 Å². The fraction of sp³-hybridized carbons (Fsp3) is 1.00. The van der Waals surface area contributed by atoms with E-state index >= 15 is 0 Å². The van der Waals surface area contributed by atoms with Gasteiger partial charge in [0.05, 0.1) is 13.9 Å². The molecule has 0 unspecified atom stereocenters. The normalized spacial score (nSPS) is 15.1. The van der Waals surface area contributed by atoms with Crippen LogP contribution in [0.25, 0.3) is 0 Å². The molecule has 0 aromatic rings. The monoisotopic (exact) mass is 196 g/mol. The summed E-state index contributed by atoms with van der Waals surface area (Å²) in [4.78, 5) is 0. The van der Waals surface area contributed by atoms with Gasteiger partial charge in [0.2, 0.25) is 0 Å². The van der Waals surface area contributed by atoms with Gasteiger partial charge in [-0.3, -0.25) is 4.55 Å². The van der Waals surface area contributed by atoms with E-state index < -0.39 is 24.0 Å². The van der Waals surface area contributed by atoms with E-state index in [-0.39, 0.29) is 0 Å². The Morgan fingerprint density at radius 2 is 1.73 bits per heavy atom. The molecule has 0 saturated carbocycles. The first-order valence-electron chi connectivity index (χ1n) is 3.64. The molecule has 0 spiro atoms. The quantitative estimate of drug-likeness (QED) is 0.531. The fourth-order valence-corrected chi connectivity index (χ4v) is 4.90. The summed E-state index contributed by atoms with van der Waals surface area (Å²) in [7, 11) is -4.60. The molecule has 0 bridgehead atoms. The van der Waals surface area contributed by atoms with E-state index in [9.17, 15) is 8.42 Å². The largest absolute Gasteiger partial charge is 0.285 e. The third-order valence-corrected chi connectivity index (χ3v) is 6.39. The maximum Gasteiger partial charge on any atom is 0.266 e. The summed E-state index contributed by atoms with van der Waals surface area (Å²) >= 11 is 0. The number of hydrogen-bond donors (Lipinski definition) is 1. The third kappa shape index (κ3) is 3.35. The second-order valence-electron chi connectivity index (χ2n) is 3.83. The summed E-state index contributed by atoms with van der Waals surface area (Å²) in [6.07, 6.45) is 0. The highest BCUT2D eigenvalue weighted by molar-refractivity contribution is 7.88. The van der Waals surface area contributed by atoms with Crippen LogP contribution < -0.4 is 0 Å². The molecule has 0 aliphatic carbocycles. The molecule has 1 N–H and O–H groups in total. The molecule has 68 valence electrons. The van der Waals surface area contributed by atoms with Gasteiger partial charge in [0.25, 0.3) is 10.1 Å². The summed E-state index contributed by atoms with van der Waals surface area (Å²) in [5.41, 5.74) is 0.409. The van der Waals surface area contributed by atoms with Gasteiger partial charge < -0.3 is 0 Å². The highest BCUT2D eigenvalue weighted by Crippen LogP contribution is 2.18. The van der Waals surface area contributed by atoms with Crippen LogP contribution in [0.3, 0.4) is 0 Å². The molecule has 0 radical (unpaired) electrons. The zero-order valence-corrected chi connectivity index (χ0v) is 9.69. The standard InChI is InChI=1S/C6H16O3SSi/c1-5(2)11-6(3,4)10(7,8)9/h5H,11H2,1-4H3,(H,7,8,9). The molecule has 0 aliphatic heterocycles. The van der Waals surface area contributed by atoms with Gasteiger partial charge in [0.1, 0.15) is 0 Å². The van der Waals surface area contributed by atoms with Gasteiger partial charge in [-0.05, 0) is 13.8 Å². The van der Waals surface area contributed by atoms with Gasteiger partial charge in [0, 0.05) is 0 Å². The Morgan fingerprint density at radius 1 is 1.36 bits per heavy atom. The summed E-state index contributed by atoms with van der Waals surface area (Å²) in [6.45, 7) is 7.15. The van der Waals surface area contributed by atoms with Crippen LogP contribution in [0, 0.1) is 0 Å². The lowest BCUT2D eigenvalue weighted by atomic mass is 10.5. The lowest BCUT2D eigenvalue weighted by Gasteiger charge is -2.21. The van der Waals surface area contributed by atoms with Crippen LogP contribution in [0.1, 0.15) is 27.7 Å². The van der Waals surface area contributed by atoms with Crippen molar-refractivity contribution in [3.05, 3.63) is 0 Å². The van der Waals surface area contributed by atoms with E-state index in [1.807, 2.05) is 13.8 Å². The van der Waals surface area contributed by atoms with Gasteiger partial charge in [-0.1, -0.05) is 19.4 Å². The zero-order chi connectivity index (χ0) is 9.28. The zero-order valence-electron chi connectivity index (χ0n) is 7.46. The van der Waals surface area contributed by atoms with Crippen molar-refractivity contribution < 1.29 is 13.0 Å². The third-order valence-electron chi connectivity index (χ3n) is 1.60. The SMILES string of the molecule is CC(C)[SiH2]C(C)(C)S(=O)(=O)O. The minimum absolute atomic E-state index is 0.409. The molecule has 0 fully saturated rings. The van der Waals surface area contributed by atoms with Crippen LogP contribution in [0.4, 0.5) is 0 Å². The highest BCUT2D eigenvalue weighted by Gasteiger charge is 2.33. The van der Waals surface area contributed by atoms with Gasteiger partial charge >= 0.3 is 0 Å². The van der Waals surface area contributed by atoms with Crippen molar-refractivity contribution in [2.24, 2.45) is 0 Å². The Labute approximate surface area is 70.8 Å². The van der Waals surface area contributed by atoms with Crippen molar-refractivity contribution in [2.75, 3.05) is 0 Å². The van der Waals surface area contributed by atoms with E-state index in [1.54, 1.807) is 13.8 Å². The first-order valence-corrected chi connectivity index (χ1v) is 6.60. The molecule has 0 aromatic carbocycles. The molecule has 5 heteroatoms. The van der Waals surface area contributed by atoms with Gasteiger partial charge in [-0.2, -0.15) is 8.42 Å². The Hall–Kier alpha value is 0.127. The summed E-state index contributed by atoms with van der Waals surface area (Å²) in [5.74, 6) is 0. The first-order chi connectivity index (χ1) is 4.67. The van der Waals surface area contributed by atoms with Crippen molar-refractivity contribution in [1.82, 2.24) is 0 Å². The summed E-state index contributed by atoms with van der Waals surface area (Å²) in [6, 6.07) is 0. The number of hydrogen-bond acceptors (Lipinski definition) is 2. The second kappa shape index (κ2) is 3.24. The number of rotatable bonds is 3. The molecule has 0 amide bonds. The fourth-order valence-electron chi connectivity index (χ4n) is 1.09. The Balaban J connectivity index is 4.49. The average Bonchev–Trinajstić information content (AvgIpc) is 1.56. The molecule has 3 nitrogen and oxygen atoms in total. The van der Waals surface area contributed by atoms with E-state index in [4.69, 9.17) is 4.55 Å². The van der Waals surface area contributed by atoms with Crippen molar-refractivity contribution in [3.63, 3.8) is 0 Å². The maximum absolute atomic E-state index is 10.8. The van der Waals surface area contributed by atoms with Crippen LogP contribution in [-0.4, -0.2) is 26.9 Å². The molecule has 0 rings (SSSR count). The highest BCUT2D eigenvalue weighted by atomic mass is 32.2. The minimum Gasteiger partial charge on any atom is -0.285 e. The van der Waals surface area contributed by atoms with Gasteiger partial charge in [-0.15, -0.1) is 0 Å². The van der Waals surface area contributed by atoms with Gasteiger partial charge in [0.15, 0.2) is 0 Å². The Kier molecular flexibility index (Phi) is 3.28. The van der Waals surface area contributed by atoms with Crippen LogP contribution in [0.5, 0.6) is 0 Å². The van der Waals surface area contributed by atoms with Crippen LogP contribution in [-0.2, 0) is 10.1 Å². The Bertz CT molecular complexity index is 218. The molecule has 0 saturated heterocycles. The van der Waals surface area contributed by atoms with Crippen LogP contribution >= 0.6 is 0 Å². The first kappa shape index (κ1) is 11.1. The van der Waals surface area contributed by atoms with Crippen molar-refractivity contribution in [1.29, 1.82) is 0 Å². The smallest absolute Gasteiger partial charge is 0.266 e. The second-order valence-corrected chi connectivity index (χ2v) is 10.2. The molecule has 0 atom stereocenters. The summed E-state index contributed by atoms with van der Waals surface area (Å²) < 4.78 is 29.5. The van der Waals surface area contributed by atoms with Crippen molar-refractivity contribution in [2.45, 2.75) is 37.6 Å². The summed E-state index contributed by atoms with van der Waals surface area (Å²) in [5, 5.41) is 0. The maximum atomic E-state index is 10.8. The minimum atomic E-state index is -3.84. The molecule has 0 aromatic heterocycles. The van der Waals surface area contributed by atoms with Gasteiger partial charge in [-0.25, -0.2) is 0 Å². The lowest BCUT2D eigenvalue weighted by molar-refractivity contribution is 0.465. The average molecular weight is 196 g/mol. The predicted molar refractivity (Wildman–Crippen MR) is 49.3 cm³/mol. The molecular formula is C6H16O3SSi. The molecule has 0 heterocycles. The molecular weight excluding hydrogens is 180 g/mol. The van der Waals surface area contributed by atoms with Crippen molar-refractivity contribution in [3.8, 4) is 0 Å². The predicted octanol–water partition coefficient (Wildman–Crippen LogP) is 0.607. The van der Waals surface area contributed by atoms with E-state index in [2.05, 4.69) is 0 Å². The Morgan fingerprint density at radius 3 is 1.82 bits per heavy atom. The molecule has 0 aliphatic rings. The van der Waals surface area contributed by atoms with E-state index in [1.165, 1.54) is 0 Å². The molecule has 11 heavy (non-hydrogen) atoms. The van der Waals surface area contributed by atoms with Crippen molar-refractivity contribution >= 4 is 19.6 Å².